The van der Waals surface area contributed by atoms with Crippen LogP contribution >= 0.6 is 0 Å². The lowest BCUT2D eigenvalue weighted by Crippen LogP contribution is -2.30. The molecule has 0 spiro atoms. The maximum Gasteiger partial charge on any atom is 0.122 e. The third kappa shape index (κ3) is 2.87. The zero-order valence-electron chi connectivity index (χ0n) is 11.1. The van der Waals surface area contributed by atoms with E-state index in [1.807, 2.05) is 6.92 Å². The van der Waals surface area contributed by atoms with Crippen molar-refractivity contribution in [3.8, 4) is 0 Å². The smallest absolute Gasteiger partial charge is 0.122 e. The maximum atomic E-state index is 12.8. The minimum Gasteiger partial charge on any atom is -0.488 e. The van der Waals surface area contributed by atoms with Gasteiger partial charge in [0.2, 0.25) is 0 Å². The van der Waals surface area contributed by atoms with Crippen LogP contribution in [0, 0.1) is 0 Å². The van der Waals surface area contributed by atoms with Crippen molar-refractivity contribution in [1.82, 2.24) is 0 Å². The van der Waals surface area contributed by atoms with Crippen LogP contribution in [-0.2, 0) is 4.74 Å². The molecule has 1 saturated heterocycles. The Morgan fingerprint density at radius 2 is 1.94 bits per heavy atom. The van der Waals surface area contributed by atoms with Crippen molar-refractivity contribution in [2.24, 2.45) is 0 Å². The van der Waals surface area contributed by atoms with E-state index in [4.69, 9.17) is 4.74 Å². The second kappa shape index (κ2) is 5.03. The molecule has 1 rings (SSSR count). The third-order valence-corrected chi connectivity index (χ3v) is 3.26. The fourth-order valence-corrected chi connectivity index (χ4v) is 1.92. The Morgan fingerprint density at radius 1 is 1.31 bits per heavy atom. The van der Waals surface area contributed by atoms with Gasteiger partial charge < -0.3 is 4.74 Å². The highest BCUT2D eigenvalue weighted by Crippen LogP contribution is 2.37. The summed E-state index contributed by atoms with van der Waals surface area (Å²) in [4.78, 5) is 0. The molecule has 0 saturated carbocycles. The van der Waals surface area contributed by atoms with Crippen LogP contribution in [-0.4, -0.2) is 12.3 Å². The van der Waals surface area contributed by atoms with E-state index in [-0.39, 0.29) is 12.3 Å². The number of allylic oxidation sites excluding steroid dienone is 3. The topological polar surface area (TPSA) is 9.23 Å². The van der Waals surface area contributed by atoms with Crippen molar-refractivity contribution in [3.63, 3.8) is 0 Å². The number of alkyl halides is 1. The molecule has 0 aliphatic carbocycles. The molecule has 1 nitrogen and oxygen atoms in total. The molecule has 1 aliphatic rings. The average Bonchev–Trinajstić information content (AvgIpc) is 2.25. The Kier molecular flexibility index (Phi) is 4.17. The first-order chi connectivity index (χ1) is 7.41. The second-order valence-electron chi connectivity index (χ2n) is 5.22. The predicted octanol–water partition coefficient (Wildman–Crippen LogP) is 4.55. The standard InChI is InChI=1S/C14H23FO/c1-6-10(2)13-12(11(3)9-15)7-8-14(4,5)16-13/h6-9H2,1-5H3/b12-11-,13-10+. The van der Waals surface area contributed by atoms with Crippen LogP contribution in [0.25, 0.3) is 0 Å². The summed E-state index contributed by atoms with van der Waals surface area (Å²) in [6.07, 6.45) is 2.84. The Bertz CT molecular complexity index is 324. The van der Waals surface area contributed by atoms with Gasteiger partial charge in [0.05, 0.1) is 0 Å². The molecule has 0 aromatic rings. The minimum atomic E-state index is -0.375. The molecule has 0 amide bonds. The van der Waals surface area contributed by atoms with Gasteiger partial charge in [0.25, 0.3) is 0 Å². The average molecular weight is 226 g/mol. The Morgan fingerprint density at radius 3 is 2.44 bits per heavy atom. The summed E-state index contributed by atoms with van der Waals surface area (Å²) in [5.74, 6) is 0.939. The zero-order chi connectivity index (χ0) is 12.3. The lowest BCUT2D eigenvalue weighted by atomic mass is 9.89. The Hall–Kier alpha value is -0.790. The fraction of sp³-hybridized carbons (Fsp3) is 0.714. The quantitative estimate of drug-likeness (QED) is 0.671. The molecule has 16 heavy (non-hydrogen) atoms. The number of halogens is 1. The van der Waals surface area contributed by atoms with E-state index in [2.05, 4.69) is 27.7 Å². The maximum absolute atomic E-state index is 12.8. The van der Waals surface area contributed by atoms with E-state index in [0.29, 0.717) is 0 Å². The lowest BCUT2D eigenvalue weighted by molar-refractivity contribution is 0.0129. The Labute approximate surface area is 98.4 Å². The highest BCUT2D eigenvalue weighted by Gasteiger charge is 2.30. The summed E-state index contributed by atoms with van der Waals surface area (Å²) in [6, 6.07) is 0. The lowest BCUT2D eigenvalue weighted by Gasteiger charge is -2.36. The van der Waals surface area contributed by atoms with Gasteiger partial charge in [-0.25, -0.2) is 4.39 Å². The second-order valence-corrected chi connectivity index (χ2v) is 5.22. The summed E-state index contributed by atoms with van der Waals surface area (Å²) in [7, 11) is 0. The number of hydrogen-bond donors (Lipinski definition) is 0. The van der Waals surface area contributed by atoms with E-state index in [1.165, 1.54) is 5.57 Å². The van der Waals surface area contributed by atoms with E-state index in [0.717, 1.165) is 36.2 Å². The Balaban J connectivity index is 3.13. The van der Waals surface area contributed by atoms with E-state index in [9.17, 15) is 4.39 Å². The minimum absolute atomic E-state index is 0.119. The normalized spacial score (nSPS) is 26.1. The summed E-state index contributed by atoms with van der Waals surface area (Å²) in [5.41, 5.74) is 3.00. The van der Waals surface area contributed by atoms with Gasteiger partial charge in [-0.1, -0.05) is 6.92 Å². The summed E-state index contributed by atoms with van der Waals surface area (Å²) in [6.45, 7) is 9.85. The van der Waals surface area contributed by atoms with Crippen LogP contribution in [0.3, 0.4) is 0 Å². The molecule has 0 aromatic carbocycles. The van der Waals surface area contributed by atoms with Crippen LogP contribution in [0.2, 0.25) is 0 Å². The SMILES string of the molecule is CC/C(C)=C1/OC(C)(C)CC/C1=C(\C)CF. The molecular weight excluding hydrogens is 203 g/mol. The van der Waals surface area contributed by atoms with Crippen molar-refractivity contribution < 1.29 is 9.13 Å². The number of rotatable bonds is 2. The van der Waals surface area contributed by atoms with Crippen LogP contribution in [0.1, 0.15) is 53.9 Å². The molecule has 92 valence electrons. The predicted molar refractivity (Wildman–Crippen MR) is 66.1 cm³/mol. The summed E-state index contributed by atoms with van der Waals surface area (Å²) in [5, 5.41) is 0. The first-order valence-electron chi connectivity index (χ1n) is 6.05. The summed E-state index contributed by atoms with van der Waals surface area (Å²) < 4.78 is 18.8. The van der Waals surface area contributed by atoms with Crippen molar-refractivity contribution in [1.29, 1.82) is 0 Å². The van der Waals surface area contributed by atoms with Crippen molar-refractivity contribution in [2.75, 3.05) is 6.67 Å². The van der Waals surface area contributed by atoms with Gasteiger partial charge in [0.1, 0.15) is 18.0 Å². The van der Waals surface area contributed by atoms with Crippen LogP contribution in [0.5, 0.6) is 0 Å². The van der Waals surface area contributed by atoms with E-state index in [1.54, 1.807) is 0 Å². The first-order valence-corrected chi connectivity index (χ1v) is 6.05. The van der Waals surface area contributed by atoms with Crippen molar-refractivity contribution >= 4 is 0 Å². The molecule has 0 N–H and O–H groups in total. The van der Waals surface area contributed by atoms with Gasteiger partial charge in [-0.3, -0.25) is 0 Å². The van der Waals surface area contributed by atoms with Crippen LogP contribution in [0.4, 0.5) is 4.39 Å². The molecule has 1 fully saturated rings. The fourth-order valence-electron chi connectivity index (χ4n) is 1.92. The van der Waals surface area contributed by atoms with Gasteiger partial charge in [-0.05, 0) is 63.7 Å². The molecule has 0 radical (unpaired) electrons. The number of ether oxygens (including phenoxy) is 1. The molecule has 2 heteroatoms. The molecule has 1 aliphatic heterocycles. The van der Waals surface area contributed by atoms with Gasteiger partial charge in [0, 0.05) is 0 Å². The molecular formula is C14H23FO. The van der Waals surface area contributed by atoms with E-state index < -0.39 is 0 Å². The molecule has 0 atom stereocenters. The van der Waals surface area contributed by atoms with Gasteiger partial charge in [-0.15, -0.1) is 0 Å². The largest absolute Gasteiger partial charge is 0.488 e. The highest BCUT2D eigenvalue weighted by atomic mass is 19.1. The van der Waals surface area contributed by atoms with Crippen molar-refractivity contribution in [3.05, 3.63) is 22.5 Å². The highest BCUT2D eigenvalue weighted by molar-refractivity contribution is 5.36. The molecule has 0 aromatic heterocycles. The molecule has 0 unspecified atom stereocenters. The van der Waals surface area contributed by atoms with Gasteiger partial charge >= 0.3 is 0 Å². The molecule has 1 heterocycles. The van der Waals surface area contributed by atoms with Crippen LogP contribution < -0.4 is 0 Å². The van der Waals surface area contributed by atoms with Crippen molar-refractivity contribution in [2.45, 2.75) is 59.5 Å². The third-order valence-electron chi connectivity index (χ3n) is 3.26. The van der Waals surface area contributed by atoms with Gasteiger partial charge in [0.15, 0.2) is 0 Å². The monoisotopic (exact) mass is 226 g/mol. The number of hydrogen-bond acceptors (Lipinski definition) is 1. The van der Waals surface area contributed by atoms with Crippen LogP contribution in [0.15, 0.2) is 22.5 Å². The van der Waals surface area contributed by atoms with E-state index >= 15 is 0 Å². The summed E-state index contributed by atoms with van der Waals surface area (Å²) >= 11 is 0. The first kappa shape index (κ1) is 13.3. The van der Waals surface area contributed by atoms with Gasteiger partial charge in [-0.2, -0.15) is 0 Å². The molecule has 0 bridgehead atoms. The zero-order valence-corrected chi connectivity index (χ0v) is 11.1.